The van der Waals surface area contributed by atoms with Gasteiger partial charge in [0.1, 0.15) is 5.75 Å². The lowest BCUT2D eigenvalue weighted by Gasteiger charge is -2.06. The number of hydrogen-bond donors (Lipinski definition) is 1. The lowest BCUT2D eigenvalue weighted by atomic mass is 10.2. The molecule has 4 aromatic rings. The number of aromatic nitrogens is 3. The van der Waals surface area contributed by atoms with Gasteiger partial charge in [0, 0.05) is 0 Å². The molecule has 0 saturated heterocycles. The molecule has 0 bridgehead atoms. The molecular formula is C22H17N3O. The van der Waals surface area contributed by atoms with E-state index < -0.39 is 0 Å². The SMILES string of the molecule is Oc1ccccc1-c1nc(/C=C\c2ccccc2)nn1-c1ccccc1. The molecule has 0 radical (unpaired) electrons. The molecule has 1 N–H and O–H groups in total. The van der Waals surface area contributed by atoms with E-state index in [4.69, 9.17) is 0 Å². The Morgan fingerprint density at radius 1 is 0.731 bits per heavy atom. The summed E-state index contributed by atoms with van der Waals surface area (Å²) in [6, 6.07) is 26.9. The lowest BCUT2D eigenvalue weighted by Crippen LogP contribution is -1.99. The van der Waals surface area contributed by atoms with Crippen molar-refractivity contribution in [3.05, 3.63) is 96.3 Å². The van der Waals surface area contributed by atoms with Crippen LogP contribution in [0, 0.1) is 0 Å². The second kappa shape index (κ2) is 7.07. The molecular weight excluding hydrogens is 322 g/mol. The van der Waals surface area contributed by atoms with Gasteiger partial charge in [-0.05, 0) is 35.9 Å². The smallest absolute Gasteiger partial charge is 0.175 e. The maximum atomic E-state index is 10.3. The number of phenolic OH excluding ortho intramolecular Hbond substituents is 1. The summed E-state index contributed by atoms with van der Waals surface area (Å²) < 4.78 is 1.75. The minimum Gasteiger partial charge on any atom is -0.507 e. The molecule has 0 spiro atoms. The Bertz CT molecular complexity index is 1040. The van der Waals surface area contributed by atoms with Gasteiger partial charge in [-0.25, -0.2) is 9.67 Å². The molecule has 0 amide bonds. The summed E-state index contributed by atoms with van der Waals surface area (Å²) in [5, 5.41) is 14.9. The van der Waals surface area contributed by atoms with E-state index in [-0.39, 0.29) is 5.75 Å². The molecule has 1 heterocycles. The van der Waals surface area contributed by atoms with Crippen LogP contribution < -0.4 is 0 Å². The van der Waals surface area contributed by atoms with Gasteiger partial charge in [-0.2, -0.15) is 0 Å². The van der Waals surface area contributed by atoms with Crippen molar-refractivity contribution >= 4 is 12.2 Å². The van der Waals surface area contributed by atoms with E-state index in [1.807, 2.05) is 84.9 Å². The number of aromatic hydroxyl groups is 1. The van der Waals surface area contributed by atoms with Gasteiger partial charge >= 0.3 is 0 Å². The maximum absolute atomic E-state index is 10.3. The topological polar surface area (TPSA) is 50.9 Å². The summed E-state index contributed by atoms with van der Waals surface area (Å²) in [6.45, 7) is 0. The molecule has 0 aliphatic rings. The fraction of sp³-hybridized carbons (Fsp3) is 0. The minimum atomic E-state index is 0.177. The van der Waals surface area contributed by atoms with Gasteiger partial charge < -0.3 is 5.11 Å². The molecule has 1 aromatic heterocycles. The molecule has 0 fully saturated rings. The zero-order chi connectivity index (χ0) is 17.8. The first-order chi connectivity index (χ1) is 12.8. The first kappa shape index (κ1) is 15.8. The van der Waals surface area contributed by atoms with E-state index in [1.54, 1.807) is 16.8 Å². The van der Waals surface area contributed by atoms with Crippen molar-refractivity contribution in [1.29, 1.82) is 0 Å². The highest BCUT2D eigenvalue weighted by Crippen LogP contribution is 2.29. The molecule has 0 unspecified atom stereocenters. The normalized spacial score (nSPS) is 11.1. The van der Waals surface area contributed by atoms with Gasteiger partial charge in [0.25, 0.3) is 0 Å². The minimum absolute atomic E-state index is 0.177. The summed E-state index contributed by atoms with van der Waals surface area (Å²) in [7, 11) is 0. The van der Waals surface area contributed by atoms with Gasteiger partial charge in [0.05, 0.1) is 11.3 Å². The van der Waals surface area contributed by atoms with Gasteiger partial charge in [0.15, 0.2) is 11.6 Å². The second-order valence-corrected chi connectivity index (χ2v) is 5.80. The maximum Gasteiger partial charge on any atom is 0.175 e. The molecule has 4 nitrogen and oxygen atoms in total. The first-order valence-corrected chi connectivity index (χ1v) is 8.35. The monoisotopic (exact) mass is 339 g/mol. The van der Waals surface area contributed by atoms with Crippen LogP contribution in [-0.2, 0) is 0 Å². The van der Waals surface area contributed by atoms with E-state index in [2.05, 4.69) is 10.1 Å². The van der Waals surface area contributed by atoms with Crippen LogP contribution in [0.3, 0.4) is 0 Å². The summed E-state index contributed by atoms with van der Waals surface area (Å²) in [5.74, 6) is 1.36. The summed E-state index contributed by atoms with van der Waals surface area (Å²) in [6.07, 6.45) is 3.84. The van der Waals surface area contributed by atoms with Gasteiger partial charge in [-0.15, -0.1) is 5.10 Å². The number of hydrogen-bond acceptors (Lipinski definition) is 3. The van der Waals surface area contributed by atoms with Crippen molar-refractivity contribution < 1.29 is 5.11 Å². The Morgan fingerprint density at radius 3 is 2.12 bits per heavy atom. The Hall–Kier alpha value is -3.66. The fourth-order valence-corrected chi connectivity index (χ4v) is 2.72. The molecule has 4 rings (SSSR count). The van der Waals surface area contributed by atoms with Crippen molar-refractivity contribution in [3.63, 3.8) is 0 Å². The van der Waals surface area contributed by atoms with E-state index >= 15 is 0 Å². The Labute approximate surface area is 151 Å². The fourth-order valence-electron chi connectivity index (χ4n) is 2.72. The van der Waals surface area contributed by atoms with Crippen molar-refractivity contribution in [2.24, 2.45) is 0 Å². The summed E-state index contributed by atoms with van der Waals surface area (Å²) in [4.78, 5) is 4.64. The standard InChI is InChI=1S/C22H17N3O/c26-20-14-8-7-13-19(20)22-23-21(16-15-17-9-3-1-4-10-17)24-25(22)18-11-5-2-6-12-18/h1-16,26H/b16-15-. The van der Waals surface area contributed by atoms with Crippen LogP contribution in [0.25, 0.3) is 29.2 Å². The number of rotatable bonds is 4. The van der Waals surface area contributed by atoms with Crippen LogP contribution in [0.4, 0.5) is 0 Å². The van der Waals surface area contributed by atoms with Gasteiger partial charge in [-0.1, -0.05) is 66.7 Å². The molecule has 26 heavy (non-hydrogen) atoms. The van der Waals surface area contributed by atoms with E-state index in [9.17, 15) is 5.11 Å². The van der Waals surface area contributed by atoms with Crippen LogP contribution in [-0.4, -0.2) is 19.9 Å². The third-order valence-electron chi connectivity index (χ3n) is 3.99. The quantitative estimate of drug-likeness (QED) is 0.580. The Balaban J connectivity index is 1.81. The largest absolute Gasteiger partial charge is 0.507 e. The van der Waals surface area contributed by atoms with Crippen molar-refractivity contribution in [2.75, 3.05) is 0 Å². The van der Waals surface area contributed by atoms with Crippen molar-refractivity contribution in [1.82, 2.24) is 14.8 Å². The average Bonchev–Trinajstić information content (AvgIpc) is 3.12. The summed E-state index contributed by atoms with van der Waals surface area (Å²) in [5.41, 5.74) is 2.61. The zero-order valence-electron chi connectivity index (χ0n) is 14.0. The van der Waals surface area contributed by atoms with Crippen LogP contribution >= 0.6 is 0 Å². The highest BCUT2D eigenvalue weighted by Gasteiger charge is 2.15. The highest BCUT2D eigenvalue weighted by molar-refractivity contribution is 5.70. The van der Waals surface area contributed by atoms with Crippen molar-refractivity contribution in [3.8, 4) is 22.8 Å². The summed E-state index contributed by atoms with van der Waals surface area (Å²) >= 11 is 0. The number of nitrogens with zero attached hydrogens (tertiary/aromatic N) is 3. The van der Waals surface area contributed by atoms with Crippen LogP contribution in [0.15, 0.2) is 84.9 Å². The predicted octanol–water partition coefficient (Wildman–Crippen LogP) is 4.81. The molecule has 126 valence electrons. The van der Waals surface area contributed by atoms with Crippen LogP contribution in [0.5, 0.6) is 5.75 Å². The van der Waals surface area contributed by atoms with Crippen molar-refractivity contribution in [2.45, 2.75) is 0 Å². The third-order valence-corrected chi connectivity index (χ3v) is 3.99. The Kier molecular flexibility index (Phi) is 4.31. The number of phenols is 1. The van der Waals surface area contributed by atoms with Gasteiger partial charge in [-0.3, -0.25) is 0 Å². The highest BCUT2D eigenvalue weighted by atomic mass is 16.3. The Morgan fingerprint density at radius 2 is 1.38 bits per heavy atom. The van der Waals surface area contributed by atoms with Gasteiger partial charge in [0.2, 0.25) is 0 Å². The molecule has 0 atom stereocenters. The number of para-hydroxylation sites is 2. The third kappa shape index (κ3) is 3.26. The molecule has 0 aliphatic carbocycles. The average molecular weight is 339 g/mol. The predicted molar refractivity (Wildman–Crippen MR) is 104 cm³/mol. The first-order valence-electron chi connectivity index (χ1n) is 8.35. The zero-order valence-corrected chi connectivity index (χ0v) is 14.0. The van der Waals surface area contributed by atoms with Crippen LogP contribution in [0.1, 0.15) is 11.4 Å². The molecule has 0 aliphatic heterocycles. The molecule has 3 aromatic carbocycles. The second-order valence-electron chi connectivity index (χ2n) is 5.80. The van der Waals surface area contributed by atoms with Crippen LogP contribution in [0.2, 0.25) is 0 Å². The van der Waals surface area contributed by atoms with E-state index in [1.165, 1.54) is 0 Å². The van der Waals surface area contributed by atoms with E-state index in [0.717, 1.165) is 11.3 Å². The number of benzene rings is 3. The molecule has 4 heteroatoms. The lowest BCUT2D eigenvalue weighted by molar-refractivity contribution is 0.476. The van der Waals surface area contributed by atoms with E-state index in [0.29, 0.717) is 17.2 Å². The molecule has 0 saturated carbocycles.